The van der Waals surface area contributed by atoms with Crippen molar-refractivity contribution in [3.05, 3.63) is 41.7 Å². The third-order valence-electron chi connectivity index (χ3n) is 5.13. The van der Waals surface area contributed by atoms with Gasteiger partial charge in [-0.3, -0.25) is 9.59 Å². The van der Waals surface area contributed by atoms with E-state index in [9.17, 15) is 9.59 Å². The van der Waals surface area contributed by atoms with E-state index in [1.165, 1.54) is 18.2 Å². The first-order valence-corrected chi connectivity index (χ1v) is 11.2. The molecule has 7 heteroatoms. The second-order valence-corrected chi connectivity index (χ2v) is 8.33. The van der Waals surface area contributed by atoms with Gasteiger partial charge in [-0.25, -0.2) is 4.68 Å². The monoisotopic (exact) mass is 415 g/mol. The molecule has 0 radical (unpaired) electrons. The van der Waals surface area contributed by atoms with Gasteiger partial charge in [0.2, 0.25) is 0 Å². The molecule has 2 heterocycles. The lowest BCUT2D eigenvalue weighted by molar-refractivity contribution is -0.150. The smallest absolute Gasteiger partial charge is 0.316 e. The van der Waals surface area contributed by atoms with Crippen molar-refractivity contribution in [2.75, 3.05) is 25.4 Å². The maximum absolute atomic E-state index is 12.3. The quantitative estimate of drug-likeness (QED) is 0.529. The van der Waals surface area contributed by atoms with Gasteiger partial charge in [0.1, 0.15) is 0 Å². The Labute approximate surface area is 176 Å². The third-order valence-corrected chi connectivity index (χ3v) is 6.38. The molecule has 1 aromatic carbocycles. The molecule has 0 saturated carbocycles. The summed E-state index contributed by atoms with van der Waals surface area (Å²) in [5.41, 5.74) is 2.85. The number of hydrogen-bond donors (Lipinski definition) is 0. The molecule has 1 aliphatic rings. The van der Waals surface area contributed by atoms with Crippen LogP contribution in [0.25, 0.3) is 5.69 Å². The molecule has 1 aliphatic heterocycles. The summed E-state index contributed by atoms with van der Waals surface area (Å²) in [6.07, 6.45) is 5.62. The van der Waals surface area contributed by atoms with Crippen LogP contribution in [0.3, 0.4) is 0 Å². The number of aromatic nitrogens is 2. The molecule has 0 N–H and O–H groups in total. The number of aryl methyl sites for hydroxylation is 1. The maximum atomic E-state index is 12.3. The number of rotatable bonds is 6. The number of benzene rings is 1. The Morgan fingerprint density at radius 2 is 1.69 bits per heavy atom. The summed E-state index contributed by atoms with van der Waals surface area (Å²) < 4.78 is 7.13. The number of thioether (sulfide) groups is 1. The minimum absolute atomic E-state index is 0.0884. The molecular formula is C22H29N3O3S. The molecular weight excluding hydrogens is 386 g/mol. The fourth-order valence-electron chi connectivity index (χ4n) is 3.56. The lowest BCUT2D eigenvalue weighted by Gasteiger charge is -2.24. The van der Waals surface area contributed by atoms with Gasteiger partial charge in [-0.15, -0.1) is 11.8 Å². The van der Waals surface area contributed by atoms with Crippen molar-refractivity contribution in [1.82, 2.24) is 14.7 Å². The third kappa shape index (κ3) is 5.85. The van der Waals surface area contributed by atoms with Gasteiger partial charge in [0, 0.05) is 13.1 Å². The molecule has 1 amide bonds. The minimum atomic E-state index is -0.373. The van der Waals surface area contributed by atoms with E-state index in [0.717, 1.165) is 60.7 Å². The van der Waals surface area contributed by atoms with Crippen LogP contribution < -0.4 is 0 Å². The van der Waals surface area contributed by atoms with Crippen LogP contribution in [0.4, 0.5) is 0 Å². The highest BCUT2D eigenvalue weighted by atomic mass is 32.2. The van der Waals surface area contributed by atoms with Crippen LogP contribution >= 0.6 is 11.8 Å². The van der Waals surface area contributed by atoms with Crippen molar-refractivity contribution in [2.45, 2.75) is 50.8 Å². The highest BCUT2D eigenvalue weighted by Gasteiger charge is 2.18. The summed E-state index contributed by atoms with van der Waals surface area (Å²) in [7, 11) is 0. The Hall–Kier alpha value is -2.28. The first-order valence-electron chi connectivity index (χ1n) is 10.2. The Bertz CT molecular complexity index is 827. The van der Waals surface area contributed by atoms with Crippen molar-refractivity contribution < 1.29 is 14.3 Å². The zero-order chi connectivity index (χ0) is 20.6. The predicted octanol–water partition coefficient (Wildman–Crippen LogP) is 3.92. The average molecular weight is 416 g/mol. The fourth-order valence-corrected chi connectivity index (χ4v) is 4.45. The topological polar surface area (TPSA) is 64.4 Å². The van der Waals surface area contributed by atoms with Crippen LogP contribution in [0.2, 0.25) is 0 Å². The second-order valence-electron chi connectivity index (χ2n) is 7.35. The Kier molecular flexibility index (Phi) is 7.75. The van der Waals surface area contributed by atoms with Crippen LogP contribution in [-0.2, 0) is 14.3 Å². The summed E-state index contributed by atoms with van der Waals surface area (Å²) in [5, 5.41) is 4.59. The molecule has 1 aromatic heterocycles. The number of carbonyl (C=O) groups excluding carboxylic acids is 2. The molecule has 6 nitrogen and oxygen atoms in total. The Balaban J connectivity index is 1.50. The molecule has 0 unspecified atom stereocenters. The standard InChI is InChI=1S/C22H29N3O3S/c1-17-22(18(2)25(23-17)19-11-7-6-8-12-19)29-16-21(27)28-15-20(26)24-13-9-4-3-5-10-14-24/h6-8,11-12H,3-5,9-10,13-16H2,1-2H3. The van der Waals surface area contributed by atoms with Gasteiger partial charge in [-0.2, -0.15) is 5.10 Å². The summed E-state index contributed by atoms with van der Waals surface area (Å²) in [5.74, 6) is -0.300. The second kappa shape index (κ2) is 10.5. The molecule has 1 fully saturated rings. The number of para-hydroxylation sites is 1. The summed E-state index contributed by atoms with van der Waals surface area (Å²) in [6.45, 7) is 5.29. The predicted molar refractivity (Wildman–Crippen MR) is 114 cm³/mol. The van der Waals surface area contributed by atoms with Crippen LogP contribution in [0.1, 0.15) is 43.5 Å². The lowest BCUT2D eigenvalue weighted by Crippen LogP contribution is -2.37. The molecule has 0 spiro atoms. The normalized spacial score (nSPS) is 14.9. The maximum Gasteiger partial charge on any atom is 0.316 e. The highest BCUT2D eigenvalue weighted by Crippen LogP contribution is 2.28. The highest BCUT2D eigenvalue weighted by molar-refractivity contribution is 8.00. The van der Waals surface area contributed by atoms with E-state index < -0.39 is 0 Å². The lowest BCUT2D eigenvalue weighted by atomic mass is 10.1. The van der Waals surface area contributed by atoms with Crippen molar-refractivity contribution in [3.8, 4) is 5.69 Å². The zero-order valence-corrected chi connectivity index (χ0v) is 18.0. The molecule has 3 rings (SSSR count). The molecule has 29 heavy (non-hydrogen) atoms. The number of likely N-dealkylation sites (tertiary alicyclic amines) is 1. The molecule has 0 atom stereocenters. The first kappa shape index (κ1) is 21.4. The van der Waals surface area contributed by atoms with Crippen molar-refractivity contribution in [2.24, 2.45) is 0 Å². The molecule has 1 saturated heterocycles. The zero-order valence-electron chi connectivity index (χ0n) is 17.2. The number of carbonyl (C=O) groups is 2. The molecule has 2 aromatic rings. The van der Waals surface area contributed by atoms with E-state index in [1.807, 2.05) is 53.8 Å². The minimum Gasteiger partial charge on any atom is -0.455 e. The van der Waals surface area contributed by atoms with Crippen molar-refractivity contribution in [3.63, 3.8) is 0 Å². The first-order chi connectivity index (χ1) is 14.1. The fraction of sp³-hybridized carbons (Fsp3) is 0.500. The summed E-state index contributed by atoms with van der Waals surface area (Å²) in [6, 6.07) is 9.91. The van der Waals surface area contributed by atoms with E-state index in [-0.39, 0.29) is 24.2 Å². The van der Waals surface area contributed by atoms with Gasteiger partial charge >= 0.3 is 5.97 Å². The van der Waals surface area contributed by atoms with Crippen molar-refractivity contribution in [1.29, 1.82) is 0 Å². The van der Waals surface area contributed by atoms with E-state index in [1.54, 1.807) is 0 Å². The van der Waals surface area contributed by atoms with E-state index in [0.29, 0.717) is 0 Å². The SMILES string of the molecule is Cc1nn(-c2ccccc2)c(C)c1SCC(=O)OCC(=O)N1CCCCCCC1. The van der Waals surface area contributed by atoms with Gasteiger partial charge in [-0.1, -0.05) is 37.5 Å². The Morgan fingerprint density at radius 3 is 2.38 bits per heavy atom. The number of esters is 1. The van der Waals surface area contributed by atoms with E-state index in [2.05, 4.69) is 5.10 Å². The number of hydrogen-bond acceptors (Lipinski definition) is 5. The number of nitrogens with zero attached hydrogens (tertiary/aromatic N) is 3. The number of amides is 1. The van der Waals surface area contributed by atoms with Gasteiger partial charge in [-0.05, 0) is 38.8 Å². The average Bonchev–Trinajstić information content (AvgIpc) is 2.98. The van der Waals surface area contributed by atoms with Gasteiger partial charge in [0.05, 0.1) is 27.7 Å². The molecule has 0 bridgehead atoms. The van der Waals surface area contributed by atoms with Crippen molar-refractivity contribution >= 4 is 23.6 Å². The van der Waals surface area contributed by atoms with Gasteiger partial charge in [0.25, 0.3) is 5.91 Å². The number of ether oxygens (including phenoxy) is 1. The van der Waals surface area contributed by atoms with Gasteiger partial charge in [0.15, 0.2) is 6.61 Å². The van der Waals surface area contributed by atoms with Crippen LogP contribution in [0.5, 0.6) is 0 Å². The van der Waals surface area contributed by atoms with E-state index >= 15 is 0 Å². The summed E-state index contributed by atoms with van der Waals surface area (Å²) in [4.78, 5) is 27.3. The van der Waals surface area contributed by atoms with Crippen LogP contribution in [0.15, 0.2) is 35.2 Å². The largest absolute Gasteiger partial charge is 0.455 e. The molecule has 156 valence electrons. The molecule has 0 aliphatic carbocycles. The summed E-state index contributed by atoms with van der Waals surface area (Å²) >= 11 is 1.41. The van der Waals surface area contributed by atoms with Crippen LogP contribution in [0, 0.1) is 13.8 Å². The Morgan fingerprint density at radius 1 is 1.03 bits per heavy atom. The van der Waals surface area contributed by atoms with E-state index in [4.69, 9.17) is 4.74 Å². The van der Waals surface area contributed by atoms with Crippen LogP contribution in [-0.4, -0.2) is 52.0 Å². The van der Waals surface area contributed by atoms with Gasteiger partial charge < -0.3 is 9.64 Å².